The molecule has 1 saturated heterocycles. The van der Waals surface area contributed by atoms with Crippen LogP contribution in [0.25, 0.3) is 0 Å². The van der Waals surface area contributed by atoms with Crippen molar-refractivity contribution < 1.29 is 14.4 Å². The number of nitrogens with two attached hydrogens (primary N) is 1. The van der Waals surface area contributed by atoms with Gasteiger partial charge in [-0.2, -0.15) is 0 Å². The van der Waals surface area contributed by atoms with Crippen molar-refractivity contribution in [2.75, 3.05) is 25.0 Å². The Kier molecular flexibility index (Phi) is 6.33. The molecule has 2 atom stereocenters. The van der Waals surface area contributed by atoms with E-state index in [1.54, 1.807) is 29.2 Å². The number of nitrogens with zero attached hydrogens (tertiary/aromatic N) is 1. The number of primary amides is 1. The predicted molar refractivity (Wildman–Crippen MR) is 111 cm³/mol. The molecule has 2 aliphatic rings. The first-order valence-corrected chi connectivity index (χ1v) is 10.1. The van der Waals surface area contributed by atoms with E-state index in [0.717, 1.165) is 6.42 Å². The first kappa shape index (κ1) is 21.4. The van der Waals surface area contributed by atoms with Gasteiger partial charge in [-0.3, -0.25) is 19.8 Å². The Morgan fingerprint density at radius 1 is 1.28 bits per heavy atom. The highest BCUT2D eigenvalue weighted by atomic mass is 35.5. The predicted octanol–water partition coefficient (Wildman–Crippen LogP) is 1.25. The molecule has 156 valence electrons. The summed E-state index contributed by atoms with van der Waals surface area (Å²) < 4.78 is -0.756. The zero-order valence-corrected chi connectivity index (χ0v) is 17.2. The molecule has 29 heavy (non-hydrogen) atoms. The molecule has 1 aliphatic carbocycles. The second-order valence-corrected chi connectivity index (χ2v) is 8.83. The van der Waals surface area contributed by atoms with E-state index in [0.29, 0.717) is 37.2 Å². The minimum Gasteiger partial charge on any atom is -0.376 e. The van der Waals surface area contributed by atoms with Crippen LogP contribution in [-0.2, 0) is 14.4 Å². The van der Waals surface area contributed by atoms with E-state index in [9.17, 15) is 14.4 Å². The van der Waals surface area contributed by atoms with Gasteiger partial charge in [0.25, 0.3) is 5.91 Å². The van der Waals surface area contributed by atoms with E-state index in [1.165, 1.54) is 0 Å². The third-order valence-corrected chi connectivity index (χ3v) is 6.15. The van der Waals surface area contributed by atoms with Gasteiger partial charge in [-0.15, -0.1) is 23.2 Å². The number of likely N-dealkylation sites (tertiary alicyclic amines) is 1. The average molecular weight is 440 g/mol. The Labute approximate surface area is 178 Å². The molecule has 1 aliphatic heterocycles. The highest BCUT2D eigenvalue weighted by molar-refractivity contribution is 6.50. The van der Waals surface area contributed by atoms with E-state index < -0.39 is 16.3 Å². The quantitative estimate of drug-likeness (QED) is 0.358. The van der Waals surface area contributed by atoms with Crippen LogP contribution in [0.5, 0.6) is 0 Å². The van der Waals surface area contributed by atoms with Gasteiger partial charge in [-0.1, -0.05) is 18.2 Å². The fraction of sp³-hybridized carbons (Fsp3) is 0.474. The lowest BCUT2D eigenvalue weighted by Gasteiger charge is -2.24. The zero-order valence-electron chi connectivity index (χ0n) is 15.7. The average Bonchev–Trinajstić information content (AvgIpc) is 3.07. The molecule has 1 saturated carbocycles. The molecule has 0 spiro atoms. The highest BCUT2D eigenvalue weighted by Crippen LogP contribution is 2.52. The van der Waals surface area contributed by atoms with Gasteiger partial charge >= 0.3 is 0 Å². The van der Waals surface area contributed by atoms with Crippen LogP contribution < -0.4 is 16.4 Å². The van der Waals surface area contributed by atoms with Gasteiger partial charge in [0.2, 0.25) is 11.8 Å². The summed E-state index contributed by atoms with van der Waals surface area (Å²) in [7, 11) is 0. The lowest BCUT2D eigenvalue weighted by atomic mass is 10.1. The smallest absolute Gasteiger partial charge is 0.267 e. The maximum Gasteiger partial charge on any atom is 0.267 e. The lowest BCUT2D eigenvalue weighted by molar-refractivity contribution is -0.137. The summed E-state index contributed by atoms with van der Waals surface area (Å²) >= 11 is 12.0. The van der Waals surface area contributed by atoms with Gasteiger partial charge in [-0.05, 0) is 25.3 Å². The number of para-hydroxylation sites is 1. The summed E-state index contributed by atoms with van der Waals surface area (Å²) in [6.45, 7) is 0.822. The Balaban J connectivity index is 1.57. The molecule has 5 N–H and O–H groups in total. The number of hydrogen-bond acceptors (Lipinski definition) is 5. The van der Waals surface area contributed by atoms with Crippen LogP contribution in [0.4, 0.5) is 5.69 Å². The summed E-state index contributed by atoms with van der Waals surface area (Å²) in [5.74, 6) is -1.25. The molecule has 2 unspecified atom stereocenters. The van der Waals surface area contributed by atoms with Crippen molar-refractivity contribution in [3.05, 3.63) is 29.8 Å². The van der Waals surface area contributed by atoms with Gasteiger partial charge in [0.15, 0.2) is 0 Å². The van der Waals surface area contributed by atoms with E-state index in [2.05, 4.69) is 10.6 Å². The molecule has 1 aromatic rings. The van der Waals surface area contributed by atoms with Crippen molar-refractivity contribution in [2.45, 2.75) is 29.6 Å². The van der Waals surface area contributed by atoms with Gasteiger partial charge in [-0.25, -0.2) is 0 Å². The molecular weight excluding hydrogens is 417 g/mol. The standard InChI is InChI=1S/C19H23Cl2N5O3/c20-19(21)8-11(19)9-25-18(29)14-6-3-7-26(14)15(27)10-24-13-5-2-1-4-12(13)16(22)17(23)28/h1-2,4-5,11,14,22,24H,3,6-10H2,(H2,23,28)(H,25,29). The van der Waals surface area contributed by atoms with Crippen molar-refractivity contribution in [3.63, 3.8) is 0 Å². The number of carbonyl (C=O) groups is 3. The molecule has 1 heterocycles. The van der Waals surface area contributed by atoms with E-state index in [-0.39, 0.29) is 30.0 Å². The number of carbonyl (C=O) groups excluding carboxylic acids is 3. The van der Waals surface area contributed by atoms with Crippen LogP contribution in [0.1, 0.15) is 24.8 Å². The number of nitrogens with one attached hydrogen (secondary N) is 3. The molecular formula is C19H23Cl2N5O3. The third-order valence-electron chi connectivity index (χ3n) is 5.23. The van der Waals surface area contributed by atoms with Gasteiger partial charge < -0.3 is 21.3 Å². The molecule has 2 fully saturated rings. The fourth-order valence-corrected chi connectivity index (χ4v) is 3.96. The Morgan fingerprint density at radius 3 is 2.62 bits per heavy atom. The van der Waals surface area contributed by atoms with Crippen LogP contribution in [-0.4, -0.2) is 58.3 Å². The second kappa shape index (κ2) is 8.59. The Hall–Kier alpha value is -2.32. The minimum absolute atomic E-state index is 0.0408. The van der Waals surface area contributed by atoms with Crippen molar-refractivity contribution >= 4 is 52.3 Å². The maximum atomic E-state index is 12.7. The number of halogens is 2. The molecule has 1 aromatic carbocycles. The molecule has 10 heteroatoms. The fourth-order valence-electron chi connectivity index (χ4n) is 3.43. The van der Waals surface area contributed by atoms with Crippen molar-refractivity contribution in [2.24, 2.45) is 11.7 Å². The Bertz CT molecular complexity index is 845. The third kappa shape index (κ3) is 5.00. The van der Waals surface area contributed by atoms with Crippen molar-refractivity contribution in [1.82, 2.24) is 10.2 Å². The Morgan fingerprint density at radius 2 is 1.97 bits per heavy atom. The maximum absolute atomic E-state index is 12.7. The molecule has 0 radical (unpaired) electrons. The normalized spacial score (nSPS) is 22.1. The number of amides is 3. The monoisotopic (exact) mass is 439 g/mol. The van der Waals surface area contributed by atoms with Gasteiger partial charge in [0, 0.05) is 30.3 Å². The molecule has 0 aromatic heterocycles. The summed E-state index contributed by atoms with van der Waals surface area (Å²) in [5, 5.41) is 13.6. The summed E-state index contributed by atoms with van der Waals surface area (Å²) in [4.78, 5) is 38.1. The number of benzene rings is 1. The first-order chi connectivity index (χ1) is 13.7. The van der Waals surface area contributed by atoms with Crippen LogP contribution in [0, 0.1) is 11.3 Å². The number of anilines is 1. The summed E-state index contributed by atoms with van der Waals surface area (Å²) in [6.07, 6.45) is 1.98. The number of alkyl halides is 2. The van der Waals surface area contributed by atoms with Crippen LogP contribution in [0.15, 0.2) is 24.3 Å². The van der Waals surface area contributed by atoms with Crippen LogP contribution >= 0.6 is 23.2 Å². The first-order valence-electron chi connectivity index (χ1n) is 9.37. The van der Waals surface area contributed by atoms with Crippen molar-refractivity contribution in [3.8, 4) is 0 Å². The van der Waals surface area contributed by atoms with Crippen LogP contribution in [0.3, 0.4) is 0 Å². The van der Waals surface area contributed by atoms with Gasteiger partial charge in [0.1, 0.15) is 16.1 Å². The van der Waals surface area contributed by atoms with E-state index >= 15 is 0 Å². The molecule has 3 amide bonds. The van der Waals surface area contributed by atoms with E-state index in [4.69, 9.17) is 34.3 Å². The van der Waals surface area contributed by atoms with Crippen LogP contribution in [0.2, 0.25) is 0 Å². The van der Waals surface area contributed by atoms with Crippen molar-refractivity contribution in [1.29, 1.82) is 5.41 Å². The SMILES string of the molecule is N=C(C(N)=O)c1ccccc1NCC(=O)N1CCCC1C(=O)NCC1CC1(Cl)Cl. The molecule has 8 nitrogen and oxygen atoms in total. The lowest BCUT2D eigenvalue weighted by Crippen LogP contribution is -2.48. The van der Waals surface area contributed by atoms with Gasteiger partial charge in [0.05, 0.1) is 6.54 Å². The summed E-state index contributed by atoms with van der Waals surface area (Å²) in [5.41, 5.74) is 5.62. The largest absolute Gasteiger partial charge is 0.376 e. The number of hydrogen-bond donors (Lipinski definition) is 4. The van der Waals surface area contributed by atoms with E-state index in [1.807, 2.05) is 0 Å². The minimum atomic E-state index is -0.851. The second-order valence-electron chi connectivity index (χ2n) is 7.29. The zero-order chi connectivity index (χ0) is 21.2. The molecule has 0 bridgehead atoms. The number of rotatable bonds is 8. The topological polar surface area (TPSA) is 128 Å². The molecule has 3 rings (SSSR count). The summed E-state index contributed by atoms with van der Waals surface area (Å²) in [6, 6.07) is 6.12. The highest BCUT2D eigenvalue weighted by Gasteiger charge is 2.51.